The number of rotatable bonds is 0. The van der Waals surface area contributed by atoms with Crippen LogP contribution in [0.2, 0.25) is 0 Å². The summed E-state index contributed by atoms with van der Waals surface area (Å²) in [5, 5.41) is 0. The molecule has 0 bridgehead atoms. The Morgan fingerprint density at radius 2 is 1.91 bits per heavy atom. The first-order valence-electron chi connectivity index (χ1n) is 4.16. The fourth-order valence-corrected chi connectivity index (χ4v) is 1.48. The quantitative estimate of drug-likeness (QED) is 0.525. The van der Waals surface area contributed by atoms with Gasteiger partial charge in [-0.3, -0.25) is 0 Å². The second kappa shape index (κ2) is 2.50. The van der Waals surface area contributed by atoms with E-state index in [4.69, 9.17) is 4.74 Å². The lowest BCUT2D eigenvalue weighted by atomic mass is 9.85. The largest absolute Gasteiger partial charge is 0.478 e. The molecule has 11 heavy (non-hydrogen) atoms. The van der Waals surface area contributed by atoms with Crippen molar-refractivity contribution in [2.24, 2.45) is 10.9 Å². The smallest absolute Gasteiger partial charge is 0.180 e. The fourth-order valence-electron chi connectivity index (χ4n) is 1.48. The minimum absolute atomic E-state index is 0.0434. The van der Waals surface area contributed by atoms with E-state index in [0.717, 1.165) is 5.90 Å². The van der Waals surface area contributed by atoms with Gasteiger partial charge in [-0.1, -0.05) is 6.92 Å². The highest BCUT2D eigenvalue weighted by Crippen LogP contribution is 2.29. The van der Waals surface area contributed by atoms with Crippen LogP contribution in [0.25, 0.3) is 0 Å². The minimum Gasteiger partial charge on any atom is -0.478 e. The summed E-state index contributed by atoms with van der Waals surface area (Å²) in [5.41, 5.74) is 0.0434. The summed E-state index contributed by atoms with van der Waals surface area (Å²) in [5.74, 6) is 1.31. The summed E-state index contributed by atoms with van der Waals surface area (Å²) in [7, 11) is 0. The molecular weight excluding hydrogens is 138 g/mol. The van der Waals surface area contributed by atoms with Crippen molar-refractivity contribution in [2.45, 2.75) is 46.3 Å². The maximum atomic E-state index is 5.48. The van der Waals surface area contributed by atoms with E-state index in [0.29, 0.717) is 12.0 Å². The number of hydrogen-bond donors (Lipinski definition) is 0. The summed E-state index contributed by atoms with van der Waals surface area (Å²) >= 11 is 0. The summed E-state index contributed by atoms with van der Waals surface area (Å²) in [6.07, 6.45) is 0.294. The van der Waals surface area contributed by atoms with E-state index in [1.54, 1.807) is 0 Å². The number of ether oxygens (including phenoxy) is 1. The molecular formula is C9H17NO. The second-order valence-electron chi connectivity index (χ2n) is 3.90. The molecule has 1 heterocycles. The third kappa shape index (κ3) is 1.55. The summed E-state index contributed by atoms with van der Waals surface area (Å²) in [4.78, 5) is 4.44. The number of aliphatic imine (C=N–C) groups is 1. The van der Waals surface area contributed by atoms with Gasteiger partial charge in [0.25, 0.3) is 0 Å². The fraction of sp³-hybridized carbons (Fsp3) is 0.889. The molecule has 64 valence electrons. The topological polar surface area (TPSA) is 21.6 Å². The van der Waals surface area contributed by atoms with Gasteiger partial charge in [-0.2, -0.15) is 0 Å². The van der Waals surface area contributed by atoms with Crippen LogP contribution in [0.1, 0.15) is 34.6 Å². The van der Waals surface area contributed by atoms with Crippen molar-refractivity contribution >= 4 is 5.90 Å². The third-order valence-electron chi connectivity index (χ3n) is 2.62. The van der Waals surface area contributed by atoms with Crippen LogP contribution in [-0.2, 0) is 4.74 Å². The van der Waals surface area contributed by atoms with Crippen molar-refractivity contribution in [1.82, 2.24) is 0 Å². The second-order valence-corrected chi connectivity index (χ2v) is 3.90. The van der Waals surface area contributed by atoms with Gasteiger partial charge in [0.05, 0.1) is 5.54 Å². The Kier molecular flexibility index (Phi) is 1.95. The van der Waals surface area contributed by atoms with Crippen molar-refractivity contribution in [3.63, 3.8) is 0 Å². The van der Waals surface area contributed by atoms with Gasteiger partial charge in [-0.05, 0) is 20.8 Å². The normalized spacial score (nSPS) is 35.9. The zero-order chi connectivity index (χ0) is 8.65. The Hall–Kier alpha value is -0.530. The lowest BCUT2D eigenvalue weighted by molar-refractivity contribution is 0.0814. The zero-order valence-corrected chi connectivity index (χ0v) is 8.01. The van der Waals surface area contributed by atoms with Crippen molar-refractivity contribution in [3.05, 3.63) is 0 Å². The molecule has 2 nitrogen and oxygen atoms in total. The molecule has 2 atom stereocenters. The summed E-state index contributed by atoms with van der Waals surface area (Å²) in [6.45, 7) is 10.5. The summed E-state index contributed by atoms with van der Waals surface area (Å²) < 4.78 is 5.48. The van der Waals surface area contributed by atoms with Crippen LogP contribution in [0.3, 0.4) is 0 Å². The molecule has 0 aromatic heterocycles. The maximum absolute atomic E-state index is 5.48. The molecule has 0 amide bonds. The first-order chi connectivity index (χ1) is 4.93. The highest BCUT2D eigenvalue weighted by molar-refractivity contribution is 5.74. The molecule has 0 aromatic carbocycles. The maximum Gasteiger partial charge on any atom is 0.180 e. The Morgan fingerprint density at radius 1 is 1.36 bits per heavy atom. The van der Waals surface area contributed by atoms with Gasteiger partial charge in [0.2, 0.25) is 0 Å². The average Bonchev–Trinajstić information content (AvgIpc) is 1.81. The van der Waals surface area contributed by atoms with Crippen LogP contribution in [0.15, 0.2) is 4.99 Å². The Bertz CT molecular complexity index is 184. The van der Waals surface area contributed by atoms with Crippen molar-refractivity contribution in [1.29, 1.82) is 0 Å². The molecule has 0 N–H and O–H groups in total. The van der Waals surface area contributed by atoms with E-state index < -0.39 is 0 Å². The Balaban J connectivity index is 2.88. The van der Waals surface area contributed by atoms with Gasteiger partial charge in [-0.25, -0.2) is 4.99 Å². The van der Waals surface area contributed by atoms with Gasteiger partial charge in [0.1, 0.15) is 6.10 Å². The standard InChI is InChI=1S/C9H17NO/c1-6-7(2)11-8(3)10-9(6,4)5/h6-7H,1-5H3/t6?,7-/m1/s1. The summed E-state index contributed by atoms with van der Waals surface area (Å²) in [6, 6.07) is 0. The highest BCUT2D eigenvalue weighted by Gasteiger charge is 2.34. The Morgan fingerprint density at radius 3 is 2.36 bits per heavy atom. The third-order valence-corrected chi connectivity index (χ3v) is 2.62. The lowest BCUT2D eigenvalue weighted by Crippen LogP contribution is -2.41. The van der Waals surface area contributed by atoms with Crippen LogP contribution in [0.5, 0.6) is 0 Å². The van der Waals surface area contributed by atoms with Crippen molar-refractivity contribution < 1.29 is 4.74 Å². The van der Waals surface area contributed by atoms with Gasteiger partial charge < -0.3 is 4.74 Å². The molecule has 0 radical (unpaired) electrons. The zero-order valence-electron chi connectivity index (χ0n) is 8.01. The van der Waals surface area contributed by atoms with Crippen LogP contribution in [-0.4, -0.2) is 17.5 Å². The van der Waals surface area contributed by atoms with Gasteiger partial charge in [-0.15, -0.1) is 0 Å². The molecule has 0 saturated heterocycles. The van der Waals surface area contributed by atoms with Crippen molar-refractivity contribution in [2.75, 3.05) is 0 Å². The lowest BCUT2D eigenvalue weighted by Gasteiger charge is -2.37. The predicted molar refractivity (Wildman–Crippen MR) is 46.9 cm³/mol. The van der Waals surface area contributed by atoms with Crippen LogP contribution in [0.4, 0.5) is 0 Å². The van der Waals surface area contributed by atoms with Crippen LogP contribution < -0.4 is 0 Å². The molecule has 0 saturated carbocycles. The van der Waals surface area contributed by atoms with E-state index in [1.165, 1.54) is 0 Å². The predicted octanol–water partition coefficient (Wildman–Crippen LogP) is 2.24. The first kappa shape index (κ1) is 8.57. The minimum atomic E-state index is 0.0434. The molecule has 0 aromatic rings. The van der Waals surface area contributed by atoms with Gasteiger partial charge >= 0.3 is 0 Å². The SMILES string of the molecule is CC1=NC(C)(C)C(C)[C@@H](C)O1. The molecule has 0 aliphatic carbocycles. The number of nitrogens with zero attached hydrogens (tertiary/aromatic N) is 1. The first-order valence-corrected chi connectivity index (χ1v) is 4.16. The molecule has 1 rings (SSSR count). The van der Waals surface area contributed by atoms with E-state index >= 15 is 0 Å². The van der Waals surface area contributed by atoms with E-state index in [2.05, 4.69) is 32.7 Å². The van der Waals surface area contributed by atoms with Gasteiger partial charge in [0.15, 0.2) is 5.90 Å². The highest BCUT2D eigenvalue weighted by atomic mass is 16.5. The van der Waals surface area contributed by atoms with Crippen LogP contribution >= 0.6 is 0 Å². The molecule has 2 heteroatoms. The van der Waals surface area contributed by atoms with Crippen LogP contribution in [0, 0.1) is 5.92 Å². The van der Waals surface area contributed by atoms with E-state index in [1.807, 2.05) is 6.92 Å². The molecule has 1 aliphatic rings. The number of hydrogen-bond acceptors (Lipinski definition) is 2. The monoisotopic (exact) mass is 155 g/mol. The average molecular weight is 155 g/mol. The molecule has 0 spiro atoms. The van der Waals surface area contributed by atoms with Crippen molar-refractivity contribution in [3.8, 4) is 0 Å². The van der Waals surface area contributed by atoms with Gasteiger partial charge in [0, 0.05) is 12.8 Å². The van der Waals surface area contributed by atoms with E-state index in [9.17, 15) is 0 Å². The molecule has 1 aliphatic heterocycles. The van der Waals surface area contributed by atoms with E-state index in [-0.39, 0.29) is 5.54 Å². The molecule has 1 unspecified atom stereocenters. The Labute approximate surface area is 68.7 Å². The molecule has 0 fully saturated rings.